The van der Waals surface area contributed by atoms with Crippen LogP contribution in [-0.2, 0) is 9.59 Å². The zero-order chi connectivity index (χ0) is 28.1. The fraction of sp³-hybridized carbons (Fsp3) is 0.276. The van der Waals surface area contributed by atoms with Crippen molar-refractivity contribution in [2.24, 2.45) is 23.7 Å². The molecule has 3 fully saturated rings. The van der Waals surface area contributed by atoms with Crippen LogP contribution in [0.3, 0.4) is 0 Å². The number of Topliss-reactive ketones (excluding diaryl/α,β-unsaturated/α-hetero) is 1. The van der Waals surface area contributed by atoms with Gasteiger partial charge in [0.2, 0.25) is 0 Å². The van der Waals surface area contributed by atoms with Crippen LogP contribution < -0.4 is 4.74 Å². The van der Waals surface area contributed by atoms with Gasteiger partial charge in [0, 0.05) is 10.6 Å². The Hall–Kier alpha value is -3.53. The summed E-state index contributed by atoms with van der Waals surface area (Å²) in [5.41, 5.74) is 0.214. The lowest BCUT2D eigenvalue weighted by molar-refractivity contribution is -0.155. The third-order valence-corrected chi connectivity index (χ3v) is 9.34. The largest absolute Gasteiger partial charge is 0.422 e. The van der Waals surface area contributed by atoms with E-state index in [2.05, 4.69) is 0 Å². The van der Waals surface area contributed by atoms with Crippen molar-refractivity contribution in [2.75, 3.05) is 6.54 Å². The van der Waals surface area contributed by atoms with Crippen LogP contribution in [0.5, 0.6) is 5.75 Å². The van der Waals surface area contributed by atoms with Gasteiger partial charge >= 0.3 is 5.97 Å². The number of hydrogen-bond donors (Lipinski definition) is 0. The van der Waals surface area contributed by atoms with Crippen molar-refractivity contribution in [2.45, 2.75) is 19.3 Å². The van der Waals surface area contributed by atoms with Gasteiger partial charge in [0.05, 0.1) is 22.4 Å². The highest BCUT2D eigenvalue weighted by atomic mass is 35.5. The van der Waals surface area contributed by atoms with E-state index in [9.17, 15) is 24.0 Å². The average molecular weight is 597 g/mol. The monoisotopic (exact) mass is 596 g/mol. The third-order valence-electron chi connectivity index (χ3n) is 7.94. The smallest absolute Gasteiger partial charge is 0.353 e. The van der Waals surface area contributed by atoms with Gasteiger partial charge < -0.3 is 4.74 Å². The highest BCUT2D eigenvalue weighted by molar-refractivity contribution is 7.12. The lowest BCUT2D eigenvalue weighted by Gasteiger charge is -2.31. The first-order chi connectivity index (χ1) is 19.2. The van der Waals surface area contributed by atoms with Crippen molar-refractivity contribution in [3.63, 3.8) is 0 Å². The number of carbonyl (C=O) groups is 5. The third kappa shape index (κ3) is 4.62. The van der Waals surface area contributed by atoms with E-state index < -0.39 is 47.9 Å². The molecule has 3 aliphatic rings. The molecule has 1 saturated heterocycles. The number of hydrogen-bond acceptors (Lipinski definition) is 7. The molecule has 2 aliphatic carbocycles. The maximum Gasteiger partial charge on any atom is 0.353 e. The van der Waals surface area contributed by atoms with E-state index in [0.29, 0.717) is 9.90 Å². The second-order valence-corrected chi connectivity index (χ2v) is 12.0. The Morgan fingerprint density at radius 2 is 1.62 bits per heavy atom. The number of amides is 3. The van der Waals surface area contributed by atoms with E-state index in [1.165, 1.54) is 53.8 Å². The van der Waals surface area contributed by atoms with Crippen molar-refractivity contribution in [3.8, 4) is 5.75 Å². The summed E-state index contributed by atoms with van der Waals surface area (Å²) in [6.07, 6.45) is 2.58. The molecule has 2 heterocycles. The molecule has 3 amide bonds. The number of benzene rings is 2. The van der Waals surface area contributed by atoms with Crippen LogP contribution in [0.15, 0.2) is 60.0 Å². The van der Waals surface area contributed by atoms with Crippen molar-refractivity contribution in [1.82, 2.24) is 10.0 Å². The van der Waals surface area contributed by atoms with Gasteiger partial charge in [-0.15, -0.1) is 11.3 Å². The van der Waals surface area contributed by atoms with Gasteiger partial charge in [-0.05, 0) is 85.0 Å². The Labute approximate surface area is 243 Å². The number of ether oxygens (including phenoxy) is 1. The predicted octanol–water partition coefficient (Wildman–Crippen LogP) is 5.55. The molecule has 40 heavy (non-hydrogen) atoms. The van der Waals surface area contributed by atoms with E-state index >= 15 is 0 Å². The van der Waals surface area contributed by atoms with Gasteiger partial charge in [-0.1, -0.05) is 29.3 Å². The summed E-state index contributed by atoms with van der Waals surface area (Å²) in [6, 6.07) is 13.5. The number of ketones is 1. The van der Waals surface area contributed by atoms with Crippen LogP contribution in [-0.4, -0.2) is 46.0 Å². The van der Waals surface area contributed by atoms with E-state index in [1.54, 1.807) is 17.5 Å². The van der Waals surface area contributed by atoms with E-state index in [0.717, 1.165) is 29.3 Å². The standard InChI is InChI=1S/C29H22Cl2N2O6S/c30-18-7-10-20(21(31)13-18)26(35)32(33-27(36)24-16-3-4-17(12-16)25(24)28(33)37)14-22(34)15-5-8-19(9-6-15)39-29(38)23-2-1-11-40-23/h1-2,5-11,13,16-17,24-25H,3-4,12,14H2/t16-,17-,24-,25-/m0/s1. The Kier molecular flexibility index (Phi) is 6.98. The quantitative estimate of drug-likeness (QED) is 0.153. The van der Waals surface area contributed by atoms with Gasteiger partial charge in [-0.25, -0.2) is 9.80 Å². The molecule has 2 bridgehead atoms. The summed E-state index contributed by atoms with van der Waals surface area (Å²) in [5, 5.41) is 3.87. The molecular formula is C29H22Cl2N2O6S. The molecular weight excluding hydrogens is 575 g/mol. The average Bonchev–Trinajstić information content (AvgIpc) is 3.73. The molecule has 1 aliphatic heterocycles. The summed E-state index contributed by atoms with van der Waals surface area (Å²) in [7, 11) is 0. The summed E-state index contributed by atoms with van der Waals surface area (Å²) < 4.78 is 5.34. The number of fused-ring (bicyclic) bond motifs is 5. The van der Waals surface area contributed by atoms with E-state index in [4.69, 9.17) is 27.9 Å². The number of thiophene rings is 1. The topological polar surface area (TPSA) is 101 Å². The maximum absolute atomic E-state index is 13.8. The first-order valence-electron chi connectivity index (χ1n) is 12.8. The fourth-order valence-electron chi connectivity index (χ4n) is 6.15. The van der Waals surface area contributed by atoms with Crippen molar-refractivity contribution in [1.29, 1.82) is 0 Å². The van der Waals surface area contributed by atoms with E-state index in [1.807, 2.05) is 0 Å². The van der Waals surface area contributed by atoms with Crippen molar-refractivity contribution < 1.29 is 28.7 Å². The second-order valence-electron chi connectivity index (χ2n) is 10.2. The molecule has 0 spiro atoms. The number of esters is 1. The first kappa shape index (κ1) is 26.7. The molecule has 1 aromatic heterocycles. The summed E-state index contributed by atoms with van der Waals surface area (Å²) >= 11 is 13.6. The van der Waals surface area contributed by atoms with Gasteiger partial charge in [0.1, 0.15) is 17.2 Å². The minimum atomic E-state index is -0.759. The molecule has 11 heteroatoms. The Bertz CT molecular complexity index is 1510. The number of hydrazine groups is 1. The zero-order valence-electron chi connectivity index (χ0n) is 20.9. The highest BCUT2D eigenvalue weighted by Crippen LogP contribution is 2.56. The van der Waals surface area contributed by atoms with Crippen LogP contribution in [0.4, 0.5) is 0 Å². The number of halogens is 2. The highest BCUT2D eigenvalue weighted by Gasteiger charge is 2.62. The minimum Gasteiger partial charge on any atom is -0.422 e. The minimum absolute atomic E-state index is 0.00957. The molecule has 0 N–H and O–H groups in total. The van der Waals surface area contributed by atoms with Gasteiger partial charge in [0.15, 0.2) is 5.78 Å². The van der Waals surface area contributed by atoms with E-state index in [-0.39, 0.29) is 33.7 Å². The molecule has 6 rings (SSSR count). The number of nitrogens with zero attached hydrogens (tertiary/aromatic N) is 2. The molecule has 4 atom stereocenters. The zero-order valence-corrected chi connectivity index (χ0v) is 23.2. The molecule has 8 nitrogen and oxygen atoms in total. The van der Waals surface area contributed by atoms with Crippen LogP contribution in [0.2, 0.25) is 10.0 Å². The lowest BCUT2D eigenvalue weighted by Crippen LogP contribution is -2.52. The molecule has 0 radical (unpaired) electrons. The summed E-state index contributed by atoms with van der Waals surface area (Å²) in [4.78, 5) is 67.0. The fourth-order valence-corrected chi connectivity index (χ4v) is 7.24. The van der Waals surface area contributed by atoms with Crippen LogP contribution >= 0.6 is 34.5 Å². The normalized spacial score (nSPS) is 22.9. The van der Waals surface area contributed by atoms with Crippen molar-refractivity contribution in [3.05, 3.63) is 86.0 Å². The first-order valence-corrected chi connectivity index (χ1v) is 14.4. The molecule has 3 aromatic rings. The van der Waals surface area contributed by atoms with Gasteiger partial charge in [0.25, 0.3) is 17.7 Å². The maximum atomic E-state index is 13.8. The Balaban J connectivity index is 1.27. The number of rotatable bonds is 7. The van der Waals surface area contributed by atoms with Crippen LogP contribution in [0.25, 0.3) is 0 Å². The SMILES string of the molecule is O=C(CN(C(=O)c1ccc(Cl)cc1Cl)N1C(=O)[C@H]2[C@H]3CC[C@@H](C3)[C@@H]2C1=O)c1ccc(OC(=O)c2cccs2)cc1. The van der Waals surface area contributed by atoms with Crippen molar-refractivity contribution >= 4 is 64.0 Å². The van der Waals surface area contributed by atoms with Gasteiger partial charge in [-0.3, -0.25) is 19.2 Å². The predicted molar refractivity (Wildman–Crippen MR) is 147 cm³/mol. The van der Waals surface area contributed by atoms with Crippen LogP contribution in [0.1, 0.15) is 49.7 Å². The second kappa shape index (κ2) is 10.5. The Morgan fingerprint density at radius 1 is 0.950 bits per heavy atom. The molecule has 2 saturated carbocycles. The summed E-state index contributed by atoms with van der Waals surface area (Å²) in [6.45, 7) is -0.571. The summed E-state index contributed by atoms with van der Waals surface area (Å²) in [5.74, 6) is -3.21. The van der Waals surface area contributed by atoms with Gasteiger partial charge in [-0.2, -0.15) is 5.01 Å². The molecule has 204 valence electrons. The number of imide groups is 1. The molecule has 0 unspecified atom stereocenters. The van der Waals surface area contributed by atoms with Crippen LogP contribution in [0, 0.1) is 23.7 Å². The number of carbonyl (C=O) groups excluding carboxylic acids is 5. The lowest BCUT2D eigenvalue weighted by atomic mass is 9.81. The Morgan fingerprint density at radius 3 is 2.23 bits per heavy atom. The molecule has 2 aromatic carbocycles.